The van der Waals surface area contributed by atoms with Crippen molar-refractivity contribution >= 4 is 5.91 Å². The van der Waals surface area contributed by atoms with Crippen LogP contribution in [0.1, 0.15) is 33.1 Å². The van der Waals surface area contributed by atoms with E-state index in [9.17, 15) is 4.79 Å². The quantitative estimate of drug-likeness (QED) is 0.722. The maximum Gasteiger partial charge on any atom is 0.230 e. The first kappa shape index (κ1) is 13.2. The minimum Gasteiger partial charge on any atom is -0.339 e. The lowest BCUT2D eigenvalue weighted by atomic mass is 9.77. The van der Waals surface area contributed by atoms with E-state index in [0.717, 1.165) is 38.9 Å². The molecule has 1 atom stereocenters. The fourth-order valence-corrected chi connectivity index (χ4v) is 2.45. The van der Waals surface area contributed by atoms with E-state index in [0.29, 0.717) is 12.5 Å². The van der Waals surface area contributed by atoms with Crippen molar-refractivity contribution < 1.29 is 4.79 Å². The molecule has 92 valence electrons. The molecule has 0 aromatic heterocycles. The maximum atomic E-state index is 12.5. The molecule has 0 saturated carbocycles. The molecule has 1 heterocycles. The highest BCUT2D eigenvalue weighted by Gasteiger charge is 2.39. The fraction of sp³-hybridized carbons (Fsp3) is 0.769. The third-order valence-electron chi connectivity index (χ3n) is 3.62. The third kappa shape index (κ3) is 2.64. The standard InChI is InChI=1S/C13H24N2O/c1-4-10-15(6-3)12(16)13(5-2)8-7-9-14-11-13/h4,14H,1,5-11H2,2-3H3. The average Bonchev–Trinajstić information content (AvgIpc) is 2.36. The molecular weight excluding hydrogens is 200 g/mol. The van der Waals surface area contributed by atoms with Crippen LogP contribution in [0.2, 0.25) is 0 Å². The molecule has 3 heteroatoms. The van der Waals surface area contributed by atoms with Crippen LogP contribution < -0.4 is 5.32 Å². The first-order valence-electron chi connectivity index (χ1n) is 6.31. The van der Waals surface area contributed by atoms with Gasteiger partial charge in [-0.25, -0.2) is 0 Å². The van der Waals surface area contributed by atoms with Gasteiger partial charge in [0, 0.05) is 19.6 Å². The number of amides is 1. The SMILES string of the molecule is C=CCN(CC)C(=O)C1(CC)CCCNC1. The average molecular weight is 224 g/mol. The molecule has 16 heavy (non-hydrogen) atoms. The number of hydrogen-bond acceptors (Lipinski definition) is 2. The van der Waals surface area contributed by atoms with E-state index in [4.69, 9.17) is 0 Å². The summed E-state index contributed by atoms with van der Waals surface area (Å²) >= 11 is 0. The van der Waals surface area contributed by atoms with Crippen LogP contribution in [-0.4, -0.2) is 37.0 Å². The highest BCUT2D eigenvalue weighted by molar-refractivity contribution is 5.83. The fourth-order valence-electron chi connectivity index (χ4n) is 2.45. The van der Waals surface area contributed by atoms with Gasteiger partial charge in [-0.15, -0.1) is 6.58 Å². The topological polar surface area (TPSA) is 32.3 Å². The van der Waals surface area contributed by atoms with Crippen LogP contribution in [0.4, 0.5) is 0 Å². The van der Waals surface area contributed by atoms with Crippen molar-refractivity contribution in [3.63, 3.8) is 0 Å². The molecule has 1 aliphatic rings. The van der Waals surface area contributed by atoms with Crippen LogP contribution in [0.5, 0.6) is 0 Å². The Morgan fingerprint density at radius 1 is 1.56 bits per heavy atom. The first-order chi connectivity index (χ1) is 7.70. The van der Waals surface area contributed by atoms with Crippen molar-refractivity contribution in [1.29, 1.82) is 0 Å². The molecule has 1 amide bonds. The van der Waals surface area contributed by atoms with E-state index in [2.05, 4.69) is 18.8 Å². The summed E-state index contributed by atoms with van der Waals surface area (Å²) in [5.41, 5.74) is -0.169. The third-order valence-corrected chi connectivity index (χ3v) is 3.62. The largest absolute Gasteiger partial charge is 0.339 e. The molecule has 0 aromatic carbocycles. The molecule has 1 saturated heterocycles. The normalized spacial score (nSPS) is 25.1. The van der Waals surface area contributed by atoms with Crippen molar-refractivity contribution in [3.05, 3.63) is 12.7 Å². The number of piperidine rings is 1. The molecule has 1 unspecified atom stereocenters. The van der Waals surface area contributed by atoms with Gasteiger partial charge in [-0.1, -0.05) is 13.0 Å². The lowest BCUT2D eigenvalue weighted by Crippen LogP contribution is -2.51. The monoisotopic (exact) mass is 224 g/mol. The van der Waals surface area contributed by atoms with Crippen molar-refractivity contribution in [1.82, 2.24) is 10.2 Å². The molecule has 0 aliphatic carbocycles. The Labute approximate surface area is 98.9 Å². The number of nitrogens with zero attached hydrogens (tertiary/aromatic N) is 1. The summed E-state index contributed by atoms with van der Waals surface area (Å²) < 4.78 is 0. The van der Waals surface area contributed by atoms with Crippen LogP contribution in [0.25, 0.3) is 0 Å². The van der Waals surface area contributed by atoms with Crippen LogP contribution in [0, 0.1) is 5.41 Å². The number of likely N-dealkylation sites (N-methyl/N-ethyl adjacent to an activating group) is 1. The lowest BCUT2D eigenvalue weighted by Gasteiger charge is -2.39. The van der Waals surface area contributed by atoms with Crippen molar-refractivity contribution in [2.45, 2.75) is 33.1 Å². The smallest absolute Gasteiger partial charge is 0.230 e. The van der Waals surface area contributed by atoms with E-state index in [-0.39, 0.29) is 5.41 Å². The van der Waals surface area contributed by atoms with Gasteiger partial charge in [0.15, 0.2) is 0 Å². The summed E-state index contributed by atoms with van der Waals surface area (Å²) in [5.74, 6) is 0.296. The van der Waals surface area contributed by atoms with Crippen LogP contribution in [0.3, 0.4) is 0 Å². The number of carbonyl (C=O) groups is 1. The van der Waals surface area contributed by atoms with Gasteiger partial charge >= 0.3 is 0 Å². The van der Waals surface area contributed by atoms with Gasteiger partial charge in [0.1, 0.15) is 0 Å². The van der Waals surface area contributed by atoms with Crippen LogP contribution >= 0.6 is 0 Å². The van der Waals surface area contributed by atoms with Gasteiger partial charge in [0.2, 0.25) is 5.91 Å². The Morgan fingerprint density at radius 2 is 2.31 bits per heavy atom. The van der Waals surface area contributed by atoms with Crippen LogP contribution in [-0.2, 0) is 4.79 Å². The van der Waals surface area contributed by atoms with E-state index in [1.54, 1.807) is 6.08 Å². The zero-order valence-electron chi connectivity index (χ0n) is 10.6. The molecular formula is C13H24N2O. The minimum atomic E-state index is -0.169. The first-order valence-corrected chi connectivity index (χ1v) is 6.31. The minimum absolute atomic E-state index is 0.169. The Bertz CT molecular complexity index is 244. The summed E-state index contributed by atoms with van der Waals surface area (Å²) in [5, 5.41) is 3.36. The molecule has 0 bridgehead atoms. The number of carbonyl (C=O) groups excluding carboxylic acids is 1. The summed E-state index contributed by atoms with van der Waals surface area (Å²) in [6.45, 7) is 11.2. The van der Waals surface area contributed by atoms with Gasteiger partial charge < -0.3 is 10.2 Å². The van der Waals surface area contributed by atoms with Gasteiger partial charge in [0.25, 0.3) is 0 Å². The molecule has 1 rings (SSSR count). The number of hydrogen-bond donors (Lipinski definition) is 1. The van der Waals surface area contributed by atoms with Crippen molar-refractivity contribution in [2.24, 2.45) is 5.41 Å². The zero-order chi connectivity index (χ0) is 12.0. The zero-order valence-corrected chi connectivity index (χ0v) is 10.6. The van der Waals surface area contributed by atoms with Gasteiger partial charge in [-0.2, -0.15) is 0 Å². The molecule has 3 nitrogen and oxygen atoms in total. The van der Waals surface area contributed by atoms with Gasteiger partial charge in [0.05, 0.1) is 5.41 Å². The Hall–Kier alpha value is -0.830. The van der Waals surface area contributed by atoms with E-state index >= 15 is 0 Å². The highest BCUT2D eigenvalue weighted by atomic mass is 16.2. The predicted octanol–water partition coefficient (Wildman–Crippen LogP) is 1.80. The lowest BCUT2D eigenvalue weighted by molar-refractivity contribution is -0.142. The van der Waals surface area contributed by atoms with Gasteiger partial charge in [-0.05, 0) is 32.7 Å². The second-order valence-electron chi connectivity index (χ2n) is 4.55. The summed E-state index contributed by atoms with van der Waals surface area (Å²) in [6, 6.07) is 0. The Kier molecular flexibility index (Phi) is 5.00. The second kappa shape index (κ2) is 6.04. The highest BCUT2D eigenvalue weighted by Crippen LogP contribution is 2.32. The Balaban J connectivity index is 2.76. The Morgan fingerprint density at radius 3 is 2.75 bits per heavy atom. The maximum absolute atomic E-state index is 12.5. The predicted molar refractivity (Wildman–Crippen MR) is 67.3 cm³/mol. The summed E-state index contributed by atoms with van der Waals surface area (Å²) in [4.78, 5) is 14.4. The van der Waals surface area contributed by atoms with Crippen molar-refractivity contribution in [2.75, 3.05) is 26.2 Å². The summed E-state index contributed by atoms with van der Waals surface area (Å²) in [6.07, 6.45) is 4.85. The number of nitrogens with one attached hydrogen (secondary N) is 1. The van der Waals surface area contributed by atoms with E-state index < -0.39 is 0 Å². The molecule has 1 N–H and O–H groups in total. The van der Waals surface area contributed by atoms with E-state index in [1.807, 2.05) is 11.8 Å². The molecule has 0 aromatic rings. The molecule has 0 radical (unpaired) electrons. The van der Waals surface area contributed by atoms with Crippen molar-refractivity contribution in [3.8, 4) is 0 Å². The number of rotatable bonds is 5. The van der Waals surface area contributed by atoms with E-state index in [1.165, 1.54) is 0 Å². The van der Waals surface area contributed by atoms with Crippen LogP contribution in [0.15, 0.2) is 12.7 Å². The molecule has 0 spiro atoms. The second-order valence-corrected chi connectivity index (χ2v) is 4.55. The van der Waals surface area contributed by atoms with Gasteiger partial charge in [-0.3, -0.25) is 4.79 Å². The molecule has 1 aliphatic heterocycles. The summed E-state index contributed by atoms with van der Waals surface area (Å²) in [7, 11) is 0. The molecule has 1 fully saturated rings.